The summed E-state index contributed by atoms with van der Waals surface area (Å²) in [7, 11) is 0. The second-order valence-electron chi connectivity index (χ2n) is 4.72. The highest BCUT2D eigenvalue weighted by Crippen LogP contribution is 2.26. The molecule has 0 aliphatic rings. The number of carbonyl (C=O) groups excluding carboxylic acids is 1. The van der Waals surface area contributed by atoms with E-state index >= 15 is 0 Å². The third-order valence-electron chi connectivity index (χ3n) is 3.26. The van der Waals surface area contributed by atoms with Gasteiger partial charge in [0.05, 0.1) is 0 Å². The molecule has 0 unspecified atom stereocenters. The quantitative estimate of drug-likeness (QED) is 0.609. The lowest BCUT2D eigenvalue weighted by atomic mass is 9.99. The molecule has 3 aromatic rings. The predicted octanol–water partition coefficient (Wildman–Crippen LogP) is 4.12. The average molecular weight is 234 g/mol. The van der Waals surface area contributed by atoms with Crippen LogP contribution in [-0.4, -0.2) is 5.78 Å². The smallest absolute Gasteiger partial charge is 0.134 e. The van der Waals surface area contributed by atoms with Crippen LogP contribution in [0.15, 0.2) is 54.6 Å². The van der Waals surface area contributed by atoms with Crippen LogP contribution < -0.4 is 0 Å². The predicted molar refractivity (Wildman–Crippen MR) is 75.8 cm³/mol. The van der Waals surface area contributed by atoms with Gasteiger partial charge in [-0.2, -0.15) is 0 Å². The van der Waals surface area contributed by atoms with Crippen LogP contribution >= 0.6 is 0 Å². The van der Waals surface area contributed by atoms with Crippen molar-refractivity contribution in [1.82, 2.24) is 0 Å². The number of hydrogen-bond donors (Lipinski definition) is 0. The average Bonchev–Trinajstić information content (AvgIpc) is 2.37. The van der Waals surface area contributed by atoms with Gasteiger partial charge in [-0.1, -0.05) is 54.6 Å². The first-order valence-electron chi connectivity index (χ1n) is 6.14. The standard InChI is InChI=1S/C17H14O/c1-12(18)10-13-6-9-17-15(11-13)8-7-14-4-2-3-5-16(14)17/h2-9,11H,10H2,1H3. The minimum absolute atomic E-state index is 0.204. The van der Waals surface area contributed by atoms with Crippen molar-refractivity contribution in [2.75, 3.05) is 0 Å². The van der Waals surface area contributed by atoms with Gasteiger partial charge in [0.25, 0.3) is 0 Å². The summed E-state index contributed by atoms with van der Waals surface area (Å²) >= 11 is 0. The van der Waals surface area contributed by atoms with E-state index in [0.29, 0.717) is 6.42 Å². The maximum atomic E-state index is 11.2. The van der Waals surface area contributed by atoms with Crippen molar-refractivity contribution in [1.29, 1.82) is 0 Å². The molecule has 88 valence electrons. The maximum absolute atomic E-state index is 11.2. The summed E-state index contributed by atoms with van der Waals surface area (Å²) < 4.78 is 0. The number of fused-ring (bicyclic) bond motifs is 3. The first kappa shape index (κ1) is 11.0. The molecule has 0 aromatic heterocycles. The fourth-order valence-electron chi connectivity index (χ4n) is 2.46. The second kappa shape index (κ2) is 4.26. The Hall–Kier alpha value is -2.15. The van der Waals surface area contributed by atoms with Crippen LogP contribution in [0, 0.1) is 0 Å². The summed E-state index contributed by atoms with van der Waals surface area (Å²) in [6, 6.07) is 18.9. The van der Waals surface area contributed by atoms with Crippen LogP contribution in [0.2, 0.25) is 0 Å². The summed E-state index contributed by atoms with van der Waals surface area (Å²) in [4.78, 5) is 11.2. The molecule has 0 atom stereocenters. The third-order valence-corrected chi connectivity index (χ3v) is 3.26. The molecule has 3 rings (SSSR count). The highest BCUT2D eigenvalue weighted by atomic mass is 16.1. The molecule has 0 aliphatic heterocycles. The molecule has 0 heterocycles. The molecule has 3 aromatic carbocycles. The van der Waals surface area contributed by atoms with Crippen LogP contribution in [0.1, 0.15) is 12.5 Å². The monoisotopic (exact) mass is 234 g/mol. The van der Waals surface area contributed by atoms with E-state index in [1.807, 2.05) is 0 Å². The van der Waals surface area contributed by atoms with E-state index in [0.717, 1.165) is 5.56 Å². The molecule has 0 radical (unpaired) electrons. The van der Waals surface area contributed by atoms with Crippen molar-refractivity contribution in [2.45, 2.75) is 13.3 Å². The molecule has 0 bridgehead atoms. The van der Waals surface area contributed by atoms with Crippen molar-refractivity contribution < 1.29 is 4.79 Å². The molecule has 1 nitrogen and oxygen atoms in total. The fourth-order valence-corrected chi connectivity index (χ4v) is 2.46. The fraction of sp³-hybridized carbons (Fsp3) is 0.118. The Labute approximate surface area is 106 Å². The van der Waals surface area contributed by atoms with E-state index < -0.39 is 0 Å². The van der Waals surface area contributed by atoms with Crippen LogP contribution in [0.25, 0.3) is 21.5 Å². The van der Waals surface area contributed by atoms with Crippen LogP contribution in [0.3, 0.4) is 0 Å². The topological polar surface area (TPSA) is 17.1 Å². The number of rotatable bonds is 2. The Bertz CT molecular complexity index is 741. The molecule has 0 N–H and O–H groups in total. The zero-order valence-corrected chi connectivity index (χ0v) is 10.3. The molecule has 18 heavy (non-hydrogen) atoms. The Morgan fingerprint density at radius 1 is 0.889 bits per heavy atom. The normalized spacial score (nSPS) is 10.9. The van der Waals surface area contributed by atoms with Gasteiger partial charge in [-0.15, -0.1) is 0 Å². The van der Waals surface area contributed by atoms with Gasteiger partial charge in [0.15, 0.2) is 0 Å². The lowest BCUT2D eigenvalue weighted by molar-refractivity contribution is -0.116. The van der Waals surface area contributed by atoms with Crippen molar-refractivity contribution in [3.8, 4) is 0 Å². The van der Waals surface area contributed by atoms with Gasteiger partial charge in [0.2, 0.25) is 0 Å². The molecule has 1 heteroatoms. The summed E-state index contributed by atoms with van der Waals surface area (Å²) in [5, 5.41) is 4.97. The van der Waals surface area contributed by atoms with E-state index in [2.05, 4.69) is 54.6 Å². The second-order valence-corrected chi connectivity index (χ2v) is 4.72. The summed E-state index contributed by atoms with van der Waals surface area (Å²) in [6.45, 7) is 1.63. The van der Waals surface area contributed by atoms with Crippen molar-refractivity contribution in [3.05, 3.63) is 60.2 Å². The molecular weight excluding hydrogens is 220 g/mol. The SMILES string of the molecule is CC(=O)Cc1ccc2c(ccc3ccccc32)c1. The van der Waals surface area contributed by atoms with Crippen LogP contribution in [-0.2, 0) is 11.2 Å². The molecule has 0 fully saturated rings. The van der Waals surface area contributed by atoms with Gasteiger partial charge < -0.3 is 0 Å². The summed E-state index contributed by atoms with van der Waals surface area (Å²) in [5.41, 5.74) is 1.09. The van der Waals surface area contributed by atoms with Crippen molar-refractivity contribution in [2.24, 2.45) is 0 Å². The van der Waals surface area contributed by atoms with E-state index in [9.17, 15) is 4.79 Å². The largest absolute Gasteiger partial charge is 0.300 e. The lowest BCUT2D eigenvalue weighted by Crippen LogP contribution is -1.95. The minimum atomic E-state index is 0.204. The highest BCUT2D eigenvalue weighted by Gasteiger charge is 2.02. The summed E-state index contributed by atoms with van der Waals surface area (Å²) in [6.07, 6.45) is 0.517. The number of carbonyl (C=O) groups is 1. The number of hydrogen-bond acceptors (Lipinski definition) is 1. The molecule has 0 saturated heterocycles. The van der Waals surface area contributed by atoms with Gasteiger partial charge in [-0.3, -0.25) is 4.79 Å². The minimum Gasteiger partial charge on any atom is -0.300 e. The van der Waals surface area contributed by atoms with Crippen LogP contribution in [0.5, 0.6) is 0 Å². The highest BCUT2D eigenvalue weighted by molar-refractivity contribution is 6.07. The van der Waals surface area contributed by atoms with Gasteiger partial charge in [-0.25, -0.2) is 0 Å². The number of Topliss-reactive ketones (excluding diaryl/α,β-unsaturated/α-hetero) is 1. The molecule has 0 aliphatic carbocycles. The zero-order chi connectivity index (χ0) is 12.5. The molecule has 0 spiro atoms. The Kier molecular flexibility index (Phi) is 2.60. The van der Waals surface area contributed by atoms with Crippen molar-refractivity contribution >= 4 is 27.3 Å². The van der Waals surface area contributed by atoms with E-state index in [1.54, 1.807) is 6.92 Å². The van der Waals surface area contributed by atoms with Gasteiger partial charge in [0.1, 0.15) is 5.78 Å². The first-order chi connectivity index (χ1) is 8.74. The van der Waals surface area contributed by atoms with Gasteiger partial charge >= 0.3 is 0 Å². The van der Waals surface area contributed by atoms with E-state index in [4.69, 9.17) is 0 Å². The lowest BCUT2D eigenvalue weighted by Gasteiger charge is -2.05. The maximum Gasteiger partial charge on any atom is 0.134 e. The Morgan fingerprint density at radius 2 is 1.61 bits per heavy atom. The first-order valence-corrected chi connectivity index (χ1v) is 6.14. The van der Waals surface area contributed by atoms with Crippen LogP contribution in [0.4, 0.5) is 0 Å². The third kappa shape index (κ3) is 1.88. The zero-order valence-electron chi connectivity index (χ0n) is 10.3. The number of ketones is 1. The number of benzene rings is 3. The molecule has 0 saturated carbocycles. The Morgan fingerprint density at radius 3 is 2.44 bits per heavy atom. The van der Waals surface area contributed by atoms with Gasteiger partial charge in [0, 0.05) is 6.42 Å². The molecule has 0 amide bonds. The van der Waals surface area contributed by atoms with Crippen molar-refractivity contribution in [3.63, 3.8) is 0 Å². The van der Waals surface area contributed by atoms with E-state index in [-0.39, 0.29) is 5.78 Å². The summed E-state index contributed by atoms with van der Waals surface area (Å²) in [5.74, 6) is 0.204. The van der Waals surface area contributed by atoms with Gasteiger partial charge in [-0.05, 0) is 34.0 Å². The molecular formula is C17H14O. The Balaban J connectivity index is 2.24. The van der Waals surface area contributed by atoms with E-state index in [1.165, 1.54) is 21.5 Å².